The summed E-state index contributed by atoms with van der Waals surface area (Å²) >= 11 is 0. The summed E-state index contributed by atoms with van der Waals surface area (Å²) in [5, 5.41) is 3.14. The zero-order valence-corrected chi connectivity index (χ0v) is 14.4. The van der Waals surface area contributed by atoms with Crippen LogP contribution in [0.2, 0.25) is 0 Å². The second-order valence-corrected chi connectivity index (χ2v) is 5.57. The van der Waals surface area contributed by atoms with Gasteiger partial charge in [0.15, 0.2) is 5.96 Å². The van der Waals surface area contributed by atoms with Gasteiger partial charge in [0.2, 0.25) is 0 Å². The highest BCUT2D eigenvalue weighted by molar-refractivity contribution is 14.0. The predicted octanol–water partition coefficient (Wildman–Crippen LogP) is 2.04. The first-order valence-corrected chi connectivity index (χ1v) is 6.76. The first kappa shape index (κ1) is 18.0. The number of aliphatic imine (C=N–C) groups is 1. The van der Waals surface area contributed by atoms with Gasteiger partial charge in [0.05, 0.1) is 0 Å². The number of hydrogen-bond acceptors (Lipinski definition) is 2. The van der Waals surface area contributed by atoms with Crippen LogP contribution in [-0.4, -0.2) is 44.6 Å². The summed E-state index contributed by atoms with van der Waals surface area (Å²) in [5.74, 6) is 0.608. The molecule has 108 valence electrons. The maximum Gasteiger partial charge on any atom is 0.188 e. The molecule has 1 aliphatic carbocycles. The third kappa shape index (κ3) is 6.22. The lowest BCUT2D eigenvalue weighted by Crippen LogP contribution is -2.37. The topological polar surface area (TPSA) is 53.6 Å². The molecule has 1 rings (SSSR count). The maximum atomic E-state index is 5.85. The molecule has 18 heavy (non-hydrogen) atoms. The van der Waals surface area contributed by atoms with E-state index in [9.17, 15) is 0 Å². The van der Waals surface area contributed by atoms with E-state index in [1.165, 1.54) is 25.7 Å². The second kappa shape index (κ2) is 8.96. The number of nitrogens with zero attached hydrogens (tertiary/aromatic N) is 2. The van der Waals surface area contributed by atoms with E-state index in [0.29, 0.717) is 11.4 Å². The van der Waals surface area contributed by atoms with Crippen LogP contribution < -0.4 is 11.1 Å². The summed E-state index contributed by atoms with van der Waals surface area (Å²) in [5.41, 5.74) is 6.22. The molecule has 0 amide bonds. The highest BCUT2D eigenvalue weighted by atomic mass is 127. The summed E-state index contributed by atoms with van der Waals surface area (Å²) in [4.78, 5) is 6.80. The van der Waals surface area contributed by atoms with Crippen LogP contribution in [-0.2, 0) is 0 Å². The van der Waals surface area contributed by atoms with E-state index in [2.05, 4.69) is 36.2 Å². The van der Waals surface area contributed by atoms with E-state index in [-0.39, 0.29) is 24.0 Å². The molecular weight excluding hydrogens is 339 g/mol. The number of hydrogen-bond donors (Lipinski definition) is 2. The lowest BCUT2D eigenvalue weighted by Gasteiger charge is -2.30. The van der Waals surface area contributed by atoms with Crippen LogP contribution in [0.25, 0.3) is 0 Å². The van der Waals surface area contributed by atoms with Crippen molar-refractivity contribution >= 4 is 29.9 Å². The molecule has 0 aliphatic heterocycles. The van der Waals surface area contributed by atoms with Crippen molar-refractivity contribution in [1.29, 1.82) is 0 Å². The highest BCUT2D eigenvalue weighted by Crippen LogP contribution is 2.38. The van der Waals surface area contributed by atoms with E-state index in [1.807, 2.05) is 0 Å². The largest absolute Gasteiger partial charge is 0.370 e. The predicted molar refractivity (Wildman–Crippen MR) is 89.7 cm³/mol. The normalized spacial score (nSPS) is 18.8. The van der Waals surface area contributed by atoms with Gasteiger partial charge < -0.3 is 16.0 Å². The van der Waals surface area contributed by atoms with Crippen molar-refractivity contribution in [3.05, 3.63) is 0 Å². The van der Waals surface area contributed by atoms with E-state index >= 15 is 0 Å². The monoisotopic (exact) mass is 368 g/mol. The van der Waals surface area contributed by atoms with Gasteiger partial charge >= 0.3 is 0 Å². The van der Waals surface area contributed by atoms with Crippen molar-refractivity contribution < 1.29 is 0 Å². The zero-order valence-electron chi connectivity index (χ0n) is 12.0. The molecule has 0 radical (unpaired) electrons. The van der Waals surface area contributed by atoms with Crippen molar-refractivity contribution in [2.45, 2.75) is 39.0 Å². The van der Waals surface area contributed by atoms with Crippen molar-refractivity contribution in [2.75, 3.05) is 33.7 Å². The molecule has 1 saturated carbocycles. The van der Waals surface area contributed by atoms with Gasteiger partial charge in [-0.1, -0.05) is 19.8 Å². The highest BCUT2D eigenvalue weighted by Gasteiger charge is 2.34. The van der Waals surface area contributed by atoms with E-state index in [4.69, 9.17) is 5.73 Å². The van der Waals surface area contributed by atoms with Gasteiger partial charge in [-0.15, -0.1) is 24.0 Å². The summed E-state index contributed by atoms with van der Waals surface area (Å²) in [6.07, 6.45) is 6.34. The second-order valence-electron chi connectivity index (χ2n) is 5.57. The van der Waals surface area contributed by atoms with Crippen LogP contribution in [0.1, 0.15) is 39.0 Å². The first-order valence-electron chi connectivity index (χ1n) is 6.76. The van der Waals surface area contributed by atoms with Crippen molar-refractivity contribution in [3.8, 4) is 0 Å². The van der Waals surface area contributed by atoms with E-state index in [1.54, 1.807) is 0 Å². The third-order valence-electron chi connectivity index (χ3n) is 3.46. The van der Waals surface area contributed by atoms with Crippen LogP contribution in [0.15, 0.2) is 4.99 Å². The molecule has 0 atom stereocenters. The van der Waals surface area contributed by atoms with Crippen LogP contribution in [0.3, 0.4) is 0 Å². The number of nitrogens with two attached hydrogens (primary N) is 1. The van der Waals surface area contributed by atoms with Gasteiger partial charge in [0.25, 0.3) is 0 Å². The van der Waals surface area contributed by atoms with Gasteiger partial charge in [-0.3, -0.25) is 4.99 Å². The van der Waals surface area contributed by atoms with Gasteiger partial charge in [-0.2, -0.15) is 0 Å². The van der Waals surface area contributed by atoms with E-state index < -0.39 is 0 Å². The summed E-state index contributed by atoms with van der Waals surface area (Å²) in [6, 6.07) is 0. The molecule has 1 aliphatic rings. The Balaban J connectivity index is 0.00000289. The fourth-order valence-electron chi connectivity index (χ4n) is 2.72. The molecule has 3 N–H and O–H groups in total. The molecule has 0 unspecified atom stereocenters. The minimum absolute atomic E-state index is 0. The van der Waals surface area contributed by atoms with Crippen molar-refractivity contribution in [3.63, 3.8) is 0 Å². The first-order chi connectivity index (χ1) is 8.08. The average molecular weight is 368 g/mol. The molecule has 0 heterocycles. The Labute approximate surface area is 129 Å². The third-order valence-corrected chi connectivity index (χ3v) is 3.46. The Morgan fingerprint density at radius 2 is 1.94 bits per heavy atom. The quantitative estimate of drug-likeness (QED) is 0.429. The van der Waals surface area contributed by atoms with Gasteiger partial charge in [-0.05, 0) is 33.4 Å². The van der Waals surface area contributed by atoms with Crippen molar-refractivity contribution in [2.24, 2.45) is 16.1 Å². The van der Waals surface area contributed by atoms with Crippen molar-refractivity contribution in [1.82, 2.24) is 10.2 Å². The summed E-state index contributed by atoms with van der Waals surface area (Å²) in [7, 11) is 4.28. The fourth-order valence-corrected chi connectivity index (χ4v) is 2.72. The Bertz CT molecular complexity index is 247. The lowest BCUT2D eigenvalue weighted by atomic mass is 9.86. The smallest absolute Gasteiger partial charge is 0.188 e. The summed E-state index contributed by atoms with van der Waals surface area (Å²) < 4.78 is 0. The standard InChI is InChI=1S/C13H28N4.HI/c1-4-9-15-12(14)16-10-13(11-17(2)3)7-5-6-8-13;/h4-11H2,1-3H3,(H3,14,15,16);1H. The number of guanidine groups is 1. The Morgan fingerprint density at radius 3 is 2.44 bits per heavy atom. The Kier molecular flexibility index (Phi) is 8.94. The van der Waals surface area contributed by atoms with Gasteiger partial charge in [0, 0.05) is 25.0 Å². The van der Waals surface area contributed by atoms with Crippen LogP contribution in [0.5, 0.6) is 0 Å². The molecule has 0 aromatic heterocycles. The van der Waals surface area contributed by atoms with Crippen LogP contribution >= 0.6 is 24.0 Å². The molecular formula is C13H29IN4. The average Bonchev–Trinajstić information content (AvgIpc) is 2.71. The van der Waals surface area contributed by atoms with Crippen LogP contribution in [0.4, 0.5) is 0 Å². The molecule has 4 nitrogen and oxygen atoms in total. The zero-order chi connectivity index (χ0) is 12.7. The number of rotatable bonds is 6. The van der Waals surface area contributed by atoms with Gasteiger partial charge in [0.1, 0.15) is 0 Å². The molecule has 1 fully saturated rings. The minimum Gasteiger partial charge on any atom is -0.370 e. The fraction of sp³-hybridized carbons (Fsp3) is 0.923. The summed E-state index contributed by atoms with van der Waals surface area (Å²) in [6.45, 7) is 5.03. The SMILES string of the molecule is CCCNC(N)=NCC1(CN(C)C)CCCC1.I. The molecule has 0 aromatic carbocycles. The molecule has 0 spiro atoms. The minimum atomic E-state index is 0. The molecule has 5 heteroatoms. The lowest BCUT2D eigenvalue weighted by molar-refractivity contribution is 0.210. The van der Waals surface area contributed by atoms with E-state index in [0.717, 1.165) is 26.1 Å². The maximum absolute atomic E-state index is 5.85. The van der Waals surface area contributed by atoms with Gasteiger partial charge in [-0.25, -0.2) is 0 Å². The number of nitrogens with one attached hydrogen (secondary N) is 1. The molecule has 0 saturated heterocycles. The molecule has 0 bridgehead atoms. The van der Waals surface area contributed by atoms with Crippen LogP contribution in [0, 0.1) is 5.41 Å². The molecule has 0 aromatic rings. The Morgan fingerprint density at radius 1 is 1.33 bits per heavy atom. The number of halogens is 1. The Hall–Kier alpha value is -0.0400.